The van der Waals surface area contributed by atoms with Crippen LogP contribution in [0.2, 0.25) is 0 Å². The molecule has 1 heterocycles. The lowest BCUT2D eigenvalue weighted by Crippen LogP contribution is -2.19. The fourth-order valence-electron chi connectivity index (χ4n) is 3.92. The molecule has 22 heavy (non-hydrogen) atoms. The molecule has 4 rings (SSSR count). The Hall–Kier alpha value is -0.970. The van der Waals surface area contributed by atoms with Crippen LogP contribution in [0.15, 0.2) is 23.8 Å². The Morgan fingerprint density at radius 3 is 2.82 bits per heavy atom. The Balaban J connectivity index is 0.00000144. The number of nitrogens with zero attached hydrogens (tertiary/aromatic N) is 2. The van der Waals surface area contributed by atoms with Crippen LogP contribution in [-0.2, 0) is 0 Å². The standard InChI is InChI=1S/C17H19FN2S.ClH/c1-20(2)9-13-10-3-4-11(7-10)16(13)17-19-14-6-5-12(18)8-15(14)21-17;/h5-6,8,10-11H,3-4,7,9H2,1-2H3;1H. The van der Waals surface area contributed by atoms with Crippen LogP contribution in [-0.4, -0.2) is 30.5 Å². The highest BCUT2D eigenvalue weighted by Gasteiger charge is 2.40. The van der Waals surface area contributed by atoms with Gasteiger partial charge in [0.2, 0.25) is 0 Å². The zero-order chi connectivity index (χ0) is 14.6. The minimum Gasteiger partial charge on any atom is -0.305 e. The lowest BCUT2D eigenvalue weighted by molar-refractivity contribution is 0.423. The summed E-state index contributed by atoms with van der Waals surface area (Å²) in [6, 6.07) is 4.90. The molecule has 2 bridgehead atoms. The minimum atomic E-state index is -0.173. The molecular weight excluding hydrogens is 319 g/mol. The van der Waals surface area contributed by atoms with Gasteiger partial charge in [0.15, 0.2) is 0 Å². The molecule has 2 aliphatic rings. The third kappa shape index (κ3) is 2.57. The maximum atomic E-state index is 13.4. The molecule has 1 aromatic heterocycles. The average molecular weight is 339 g/mol. The molecule has 0 radical (unpaired) electrons. The van der Waals surface area contributed by atoms with Crippen LogP contribution >= 0.6 is 23.7 Å². The van der Waals surface area contributed by atoms with Gasteiger partial charge in [0.1, 0.15) is 10.8 Å². The van der Waals surface area contributed by atoms with Gasteiger partial charge in [-0.05, 0) is 74.5 Å². The number of aromatic nitrogens is 1. The van der Waals surface area contributed by atoms with Crippen LogP contribution in [0.3, 0.4) is 0 Å². The number of thiazole rings is 1. The molecule has 1 aromatic carbocycles. The maximum absolute atomic E-state index is 13.4. The first-order valence-corrected chi connectivity index (χ1v) is 8.37. The van der Waals surface area contributed by atoms with Gasteiger partial charge in [-0.3, -0.25) is 0 Å². The summed E-state index contributed by atoms with van der Waals surface area (Å²) < 4.78 is 14.3. The van der Waals surface area contributed by atoms with Crippen LogP contribution in [0.1, 0.15) is 24.3 Å². The Labute approximate surface area is 140 Å². The molecule has 2 unspecified atom stereocenters. The van der Waals surface area contributed by atoms with E-state index in [-0.39, 0.29) is 18.2 Å². The largest absolute Gasteiger partial charge is 0.305 e. The molecule has 0 spiro atoms. The topological polar surface area (TPSA) is 16.1 Å². The first-order chi connectivity index (χ1) is 10.1. The van der Waals surface area contributed by atoms with Crippen molar-refractivity contribution in [2.45, 2.75) is 19.3 Å². The lowest BCUT2D eigenvalue weighted by Gasteiger charge is -2.21. The highest BCUT2D eigenvalue weighted by Crippen LogP contribution is 2.53. The number of benzene rings is 1. The van der Waals surface area contributed by atoms with E-state index in [9.17, 15) is 4.39 Å². The van der Waals surface area contributed by atoms with Gasteiger partial charge in [0.25, 0.3) is 0 Å². The van der Waals surface area contributed by atoms with E-state index >= 15 is 0 Å². The van der Waals surface area contributed by atoms with Gasteiger partial charge >= 0.3 is 0 Å². The molecule has 118 valence electrons. The van der Waals surface area contributed by atoms with Crippen molar-refractivity contribution in [2.24, 2.45) is 11.8 Å². The molecule has 2 aromatic rings. The number of hydrogen-bond acceptors (Lipinski definition) is 3. The Morgan fingerprint density at radius 1 is 1.27 bits per heavy atom. The summed E-state index contributed by atoms with van der Waals surface area (Å²) in [6.07, 6.45) is 3.92. The highest BCUT2D eigenvalue weighted by atomic mass is 35.5. The lowest BCUT2D eigenvalue weighted by atomic mass is 9.92. The van der Waals surface area contributed by atoms with E-state index in [1.54, 1.807) is 29.0 Å². The number of allylic oxidation sites excluding steroid dienone is 1. The molecule has 0 saturated heterocycles. The van der Waals surface area contributed by atoms with Crippen molar-refractivity contribution in [1.82, 2.24) is 9.88 Å². The first kappa shape index (κ1) is 15.9. The summed E-state index contributed by atoms with van der Waals surface area (Å²) >= 11 is 1.65. The van der Waals surface area contributed by atoms with Gasteiger partial charge in [0, 0.05) is 6.54 Å². The van der Waals surface area contributed by atoms with Crippen molar-refractivity contribution in [2.75, 3.05) is 20.6 Å². The van der Waals surface area contributed by atoms with Gasteiger partial charge in [-0.25, -0.2) is 9.37 Å². The van der Waals surface area contributed by atoms with Gasteiger partial charge in [-0.15, -0.1) is 23.7 Å². The molecule has 1 fully saturated rings. The normalized spacial score (nSPS) is 23.6. The Kier molecular flexibility index (Phi) is 4.27. The monoisotopic (exact) mass is 338 g/mol. The SMILES string of the molecule is CN(C)CC1=C(c2nc3ccc(F)cc3s2)C2CCC1C2.Cl. The van der Waals surface area contributed by atoms with Crippen molar-refractivity contribution in [1.29, 1.82) is 0 Å². The molecular formula is C17H20ClFN2S. The summed E-state index contributed by atoms with van der Waals surface area (Å²) in [7, 11) is 4.26. The van der Waals surface area contributed by atoms with Crippen molar-refractivity contribution in [3.8, 4) is 0 Å². The van der Waals surface area contributed by atoms with E-state index in [0.29, 0.717) is 5.92 Å². The molecule has 2 aliphatic carbocycles. The van der Waals surface area contributed by atoms with Crippen LogP contribution in [0.25, 0.3) is 15.8 Å². The van der Waals surface area contributed by atoms with E-state index < -0.39 is 0 Å². The highest BCUT2D eigenvalue weighted by molar-refractivity contribution is 7.19. The summed E-state index contributed by atoms with van der Waals surface area (Å²) in [5.41, 5.74) is 3.98. The average Bonchev–Trinajstić information content (AvgIpc) is 3.10. The number of fused-ring (bicyclic) bond motifs is 3. The first-order valence-electron chi connectivity index (χ1n) is 7.56. The third-order valence-electron chi connectivity index (χ3n) is 4.75. The van der Waals surface area contributed by atoms with E-state index in [4.69, 9.17) is 4.98 Å². The Bertz CT molecular complexity index is 737. The van der Waals surface area contributed by atoms with Crippen molar-refractivity contribution >= 4 is 39.5 Å². The van der Waals surface area contributed by atoms with Gasteiger partial charge in [-0.1, -0.05) is 0 Å². The maximum Gasteiger partial charge on any atom is 0.124 e. The Morgan fingerprint density at radius 2 is 2.05 bits per heavy atom. The van der Waals surface area contributed by atoms with Crippen LogP contribution in [0.5, 0.6) is 0 Å². The van der Waals surface area contributed by atoms with E-state index in [1.807, 2.05) is 0 Å². The zero-order valence-electron chi connectivity index (χ0n) is 12.8. The predicted molar refractivity (Wildman–Crippen MR) is 93.1 cm³/mol. The van der Waals surface area contributed by atoms with E-state index in [2.05, 4.69) is 19.0 Å². The van der Waals surface area contributed by atoms with Crippen LogP contribution in [0, 0.1) is 17.7 Å². The van der Waals surface area contributed by atoms with Crippen LogP contribution in [0.4, 0.5) is 4.39 Å². The molecule has 2 nitrogen and oxygen atoms in total. The predicted octanol–water partition coefficient (Wildman–Crippen LogP) is 4.60. The second-order valence-corrected chi connectivity index (χ2v) is 7.55. The minimum absolute atomic E-state index is 0. The molecule has 0 amide bonds. The zero-order valence-corrected chi connectivity index (χ0v) is 14.4. The van der Waals surface area contributed by atoms with Crippen molar-refractivity contribution in [3.05, 3.63) is 34.6 Å². The number of likely N-dealkylation sites (N-methyl/N-ethyl adjacent to an activating group) is 1. The molecule has 0 aliphatic heterocycles. The van der Waals surface area contributed by atoms with Gasteiger partial charge < -0.3 is 4.90 Å². The number of halogens is 2. The van der Waals surface area contributed by atoms with Crippen molar-refractivity contribution in [3.63, 3.8) is 0 Å². The van der Waals surface area contributed by atoms with Gasteiger partial charge in [-0.2, -0.15) is 0 Å². The fourth-order valence-corrected chi connectivity index (χ4v) is 5.07. The summed E-state index contributed by atoms with van der Waals surface area (Å²) in [4.78, 5) is 7.04. The summed E-state index contributed by atoms with van der Waals surface area (Å²) in [5.74, 6) is 1.25. The smallest absolute Gasteiger partial charge is 0.124 e. The third-order valence-corrected chi connectivity index (χ3v) is 5.80. The molecule has 1 saturated carbocycles. The summed E-state index contributed by atoms with van der Waals surface area (Å²) in [6.45, 7) is 1.03. The van der Waals surface area contributed by atoms with E-state index in [1.165, 1.54) is 30.9 Å². The van der Waals surface area contributed by atoms with Gasteiger partial charge in [0.05, 0.1) is 10.2 Å². The molecule has 0 N–H and O–H groups in total. The second-order valence-electron chi connectivity index (χ2n) is 6.51. The quantitative estimate of drug-likeness (QED) is 0.813. The fraction of sp³-hybridized carbons (Fsp3) is 0.471. The number of hydrogen-bond donors (Lipinski definition) is 0. The second kappa shape index (κ2) is 5.91. The summed E-state index contributed by atoms with van der Waals surface area (Å²) in [5, 5.41) is 1.12. The van der Waals surface area contributed by atoms with E-state index in [0.717, 1.165) is 27.7 Å². The molecule has 2 atom stereocenters. The molecule has 5 heteroatoms. The van der Waals surface area contributed by atoms with Crippen molar-refractivity contribution < 1.29 is 4.39 Å². The number of rotatable bonds is 3. The van der Waals surface area contributed by atoms with Crippen LogP contribution < -0.4 is 0 Å².